The highest BCUT2D eigenvalue weighted by atomic mass is 32.2. The molecule has 22 heavy (non-hydrogen) atoms. The van der Waals surface area contributed by atoms with Crippen molar-refractivity contribution in [3.8, 4) is 11.1 Å². The van der Waals surface area contributed by atoms with E-state index in [1.54, 1.807) is 0 Å². The van der Waals surface area contributed by atoms with Crippen molar-refractivity contribution in [1.29, 1.82) is 0 Å². The number of hydrogen-bond acceptors (Lipinski definition) is 2. The Kier molecular flexibility index (Phi) is 3.39. The first kappa shape index (κ1) is 13.5. The van der Waals surface area contributed by atoms with Gasteiger partial charge in [0.05, 0.1) is 11.4 Å². The molecule has 108 valence electrons. The molecule has 0 spiro atoms. The van der Waals surface area contributed by atoms with E-state index in [0.717, 1.165) is 6.42 Å². The molecule has 1 N–H and O–H groups in total. The number of nitrogens with one attached hydrogen (secondary N) is 1. The summed E-state index contributed by atoms with van der Waals surface area (Å²) in [6, 6.07) is 23.9. The summed E-state index contributed by atoms with van der Waals surface area (Å²) in [5.41, 5.74) is 6.43. The Morgan fingerprint density at radius 1 is 0.818 bits per heavy atom. The summed E-state index contributed by atoms with van der Waals surface area (Å²) in [7, 11) is 0. The average molecular weight is 303 g/mol. The molecule has 0 aromatic heterocycles. The smallest absolute Gasteiger partial charge is 0.0526 e. The van der Waals surface area contributed by atoms with Crippen LogP contribution >= 0.6 is 11.8 Å². The van der Waals surface area contributed by atoms with E-state index in [0.29, 0.717) is 0 Å². The highest BCUT2D eigenvalue weighted by Gasteiger charge is 2.16. The van der Waals surface area contributed by atoms with Gasteiger partial charge in [0, 0.05) is 9.79 Å². The lowest BCUT2D eigenvalue weighted by molar-refractivity contribution is 1.14. The van der Waals surface area contributed by atoms with E-state index >= 15 is 0 Å². The van der Waals surface area contributed by atoms with Crippen LogP contribution in [0.25, 0.3) is 11.1 Å². The number of benzene rings is 3. The molecule has 0 unspecified atom stereocenters. The van der Waals surface area contributed by atoms with Crippen molar-refractivity contribution in [3.05, 3.63) is 72.3 Å². The fraction of sp³-hybridized carbons (Fsp3) is 0.100. The van der Waals surface area contributed by atoms with Crippen molar-refractivity contribution >= 4 is 23.1 Å². The summed E-state index contributed by atoms with van der Waals surface area (Å²) in [6.45, 7) is 2.21. The monoisotopic (exact) mass is 303 g/mol. The minimum atomic E-state index is 1.06. The zero-order valence-corrected chi connectivity index (χ0v) is 13.3. The summed E-state index contributed by atoms with van der Waals surface area (Å²) in [6.07, 6.45) is 1.06. The molecule has 1 aliphatic rings. The van der Waals surface area contributed by atoms with E-state index < -0.39 is 0 Å². The van der Waals surface area contributed by atoms with Crippen LogP contribution in [-0.2, 0) is 6.42 Å². The molecule has 1 aliphatic heterocycles. The van der Waals surface area contributed by atoms with Gasteiger partial charge in [0.25, 0.3) is 0 Å². The van der Waals surface area contributed by atoms with Crippen molar-refractivity contribution < 1.29 is 0 Å². The predicted octanol–water partition coefficient (Wildman–Crippen LogP) is 6.12. The number of aryl methyl sites for hydroxylation is 1. The lowest BCUT2D eigenvalue weighted by Crippen LogP contribution is -1.99. The SMILES string of the molecule is CCc1ccccc1-c1ccc2c(c1)Sc1ccccc1N2. The van der Waals surface area contributed by atoms with E-state index in [2.05, 4.69) is 79.0 Å². The number of para-hydroxylation sites is 1. The second kappa shape index (κ2) is 5.54. The summed E-state index contributed by atoms with van der Waals surface area (Å²) in [5.74, 6) is 0. The van der Waals surface area contributed by atoms with Gasteiger partial charge in [-0.05, 0) is 47.4 Å². The molecular weight excluding hydrogens is 286 g/mol. The second-order valence-corrected chi connectivity index (χ2v) is 6.53. The summed E-state index contributed by atoms with van der Waals surface area (Å²) in [5, 5.41) is 3.53. The molecule has 1 nitrogen and oxygen atoms in total. The van der Waals surface area contributed by atoms with Gasteiger partial charge in [0.15, 0.2) is 0 Å². The lowest BCUT2D eigenvalue weighted by atomic mass is 9.98. The van der Waals surface area contributed by atoms with E-state index in [1.165, 1.54) is 37.9 Å². The molecule has 3 aromatic carbocycles. The Bertz CT molecular complexity index is 839. The van der Waals surface area contributed by atoms with Crippen LogP contribution in [0.4, 0.5) is 11.4 Å². The largest absolute Gasteiger partial charge is 0.354 e. The fourth-order valence-electron chi connectivity index (χ4n) is 2.91. The fourth-order valence-corrected chi connectivity index (χ4v) is 3.94. The average Bonchev–Trinajstić information content (AvgIpc) is 2.59. The van der Waals surface area contributed by atoms with Crippen molar-refractivity contribution in [1.82, 2.24) is 0 Å². The third-order valence-corrected chi connectivity index (χ3v) is 5.20. The predicted molar refractivity (Wildman–Crippen MR) is 95.1 cm³/mol. The Balaban J connectivity index is 1.77. The van der Waals surface area contributed by atoms with Gasteiger partial charge in [0.1, 0.15) is 0 Å². The third kappa shape index (κ3) is 2.30. The number of hydrogen-bond donors (Lipinski definition) is 1. The van der Waals surface area contributed by atoms with Crippen LogP contribution in [-0.4, -0.2) is 0 Å². The van der Waals surface area contributed by atoms with Crippen molar-refractivity contribution in [3.63, 3.8) is 0 Å². The number of rotatable bonds is 2. The summed E-state index contributed by atoms with van der Waals surface area (Å²) < 4.78 is 0. The Morgan fingerprint density at radius 3 is 2.50 bits per heavy atom. The summed E-state index contributed by atoms with van der Waals surface area (Å²) >= 11 is 1.84. The van der Waals surface area contributed by atoms with Gasteiger partial charge in [-0.1, -0.05) is 61.2 Å². The first-order valence-corrected chi connectivity index (χ1v) is 8.43. The zero-order valence-electron chi connectivity index (χ0n) is 12.5. The van der Waals surface area contributed by atoms with Crippen LogP contribution in [0.15, 0.2) is 76.5 Å². The molecule has 0 saturated carbocycles. The molecule has 4 rings (SSSR count). The Morgan fingerprint density at radius 2 is 1.59 bits per heavy atom. The van der Waals surface area contributed by atoms with Gasteiger partial charge in [0.2, 0.25) is 0 Å². The minimum Gasteiger partial charge on any atom is -0.354 e. The quantitative estimate of drug-likeness (QED) is 0.478. The third-order valence-electron chi connectivity index (χ3n) is 4.07. The second-order valence-electron chi connectivity index (χ2n) is 5.44. The van der Waals surface area contributed by atoms with Gasteiger partial charge < -0.3 is 5.32 Å². The lowest BCUT2D eigenvalue weighted by Gasteiger charge is -2.21. The normalized spacial score (nSPS) is 12.2. The molecule has 0 amide bonds. The van der Waals surface area contributed by atoms with E-state index in [9.17, 15) is 0 Å². The standard InChI is InChI=1S/C20H17NS/c1-2-14-7-3-4-8-16(14)15-11-12-18-20(13-15)22-19-10-6-5-9-17(19)21-18/h3-13,21H,2H2,1H3. The summed E-state index contributed by atoms with van der Waals surface area (Å²) in [4.78, 5) is 2.58. The van der Waals surface area contributed by atoms with Crippen LogP contribution in [0, 0.1) is 0 Å². The highest BCUT2D eigenvalue weighted by molar-refractivity contribution is 7.99. The van der Waals surface area contributed by atoms with Crippen molar-refractivity contribution in [2.24, 2.45) is 0 Å². The number of fused-ring (bicyclic) bond motifs is 2. The van der Waals surface area contributed by atoms with E-state index in [-0.39, 0.29) is 0 Å². The molecule has 2 heteroatoms. The number of anilines is 2. The molecule has 0 bridgehead atoms. The van der Waals surface area contributed by atoms with Crippen LogP contribution in [0.5, 0.6) is 0 Å². The first-order chi connectivity index (χ1) is 10.8. The molecule has 0 fully saturated rings. The first-order valence-electron chi connectivity index (χ1n) is 7.61. The van der Waals surface area contributed by atoms with Gasteiger partial charge in [-0.25, -0.2) is 0 Å². The Labute approximate surface area is 135 Å². The molecular formula is C20H17NS. The van der Waals surface area contributed by atoms with Crippen LogP contribution in [0.3, 0.4) is 0 Å². The van der Waals surface area contributed by atoms with E-state index in [1.807, 2.05) is 11.8 Å². The van der Waals surface area contributed by atoms with Crippen molar-refractivity contribution in [2.75, 3.05) is 5.32 Å². The zero-order chi connectivity index (χ0) is 14.9. The van der Waals surface area contributed by atoms with Gasteiger partial charge >= 0.3 is 0 Å². The Hall–Kier alpha value is -2.19. The minimum absolute atomic E-state index is 1.06. The highest BCUT2D eigenvalue weighted by Crippen LogP contribution is 2.45. The molecule has 1 heterocycles. The van der Waals surface area contributed by atoms with Crippen LogP contribution in [0.2, 0.25) is 0 Å². The van der Waals surface area contributed by atoms with Crippen molar-refractivity contribution in [2.45, 2.75) is 23.1 Å². The molecule has 0 atom stereocenters. The topological polar surface area (TPSA) is 12.0 Å². The molecule has 3 aromatic rings. The maximum Gasteiger partial charge on any atom is 0.0526 e. The van der Waals surface area contributed by atoms with E-state index in [4.69, 9.17) is 0 Å². The van der Waals surface area contributed by atoms with Crippen LogP contribution < -0.4 is 5.32 Å². The van der Waals surface area contributed by atoms with Gasteiger partial charge in [-0.3, -0.25) is 0 Å². The van der Waals surface area contributed by atoms with Crippen LogP contribution in [0.1, 0.15) is 12.5 Å². The van der Waals surface area contributed by atoms with Gasteiger partial charge in [-0.2, -0.15) is 0 Å². The molecule has 0 radical (unpaired) electrons. The maximum atomic E-state index is 3.53. The molecule has 0 saturated heterocycles. The van der Waals surface area contributed by atoms with Gasteiger partial charge in [-0.15, -0.1) is 0 Å². The molecule has 0 aliphatic carbocycles. The maximum absolute atomic E-state index is 3.53.